The zero-order chi connectivity index (χ0) is 12.3. The van der Waals surface area contributed by atoms with Crippen LogP contribution in [-0.2, 0) is 0 Å². The summed E-state index contributed by atoms with van der Waals surface area (Å²) < 4.78 is -1.68. The summed E-state index contributed by atoms with van der Waals surface area (Å²) in [5.74, 6) is -0.743. The maximum absolute atomic E-state index is 10.5. The summed E-state index contributed by atoms with van der Waals surface area (Å²) in [5.41, 5.74) is 1.70. The van der Waals surface area contributed by atoms with E-state index in [1.165, 1.54) is 0 Å². The molecule has 1 aromatic carbocycles. The zero-order valence-corrected chi connectivity index (χ0v) is 10.8. The average Bonchev–Trinajstić information content (AvgIpc) is 2.14. The van der Waals surface area contributed by atoms with Crippen LogP contribution in [-0.4, -0.2) is 15.3 Å². The van der Waals surface area contributed by atoms with E-state index < -0.39 is 21.2 Å². The molecule has 3 nitrogen and oxygen atoms in total. The van der Waals surface area contributed by atoms with Crippen molar-refractivity contribution in [3.05, 3.63) is 45.5 Å². The Bertz CT molecular complexity index is 373. The number of aryl methyl sites for hydroxylation is 1. The van der Waals surface area contributed by atoms with E-state index in [4.69, 9.17) is 34.8 Å². The number of alkyl halides is 3. The molecule has 88 valence electrons. The Hall–Kier alpha value is -0.510. The van der Waals surface area contributed by atoms with Crippen molar-refractivity contribution in [3.63, 3.8) is 0 Å². The number of rotatable bonds is 3. The van der Waals surface area contributed by atoms with Crippen LogP contribution < -0.4 is 0 Å². The van der Waals surface area contributed by atoms with Gasteiger partial charge in [-0.1, -0.05) is 64.6 Å². The van der Waals surface area contributed by atoms with Crippen LogP contribution in [0.1, 0.15) is 17.0 Å². The molecule has 0 heterocycles. The first kappa shape index (κ1) is 13.6. The number of hydrogen-bond acceptors (Lipinski definition) is 2. The highest BCUT2D eigenvalue weighted by Crippen LogP contribution is 2.41. The molecule has 0 bridgehead atoms. The third-order valence-corrected chi connectivity index (χ3v) is 3.00. The average molecular weight is 283 g/mol. The smallest absolute Gasteiger partial charge is 0.214 e. The predicted octanol–water partition coefficient (Wildman–Crippen LogP) is 3.73. The van der Waals surface area contributed by atoms with Crippen molar-refractivity contribution in [2.24, 2.45) is 0 Å². The quantitative estimate of drug-likeness (QED) is 0.482. The Kier molecular flexibility index (Phi) is 4.42. The van der Waals surface area contributed by atoms with Crippen LogP contribution >= 0.6 is 34.8 Å². The normalized spacial score (nSPS) is 13.5. The minimum atomic E-state index is -1.68. The van der Waals surface area contributed by atoms with Gasteiger partial charge >= 0.3 is 0 Å². The van der Waals surface area contributed by atoms with Gasteiger partial charge in [0.25, 0.3) is 0 Å². The van der Waals surface area contributed by atoms with Crippen LogP contribution in [0, 0.1) is 17.0 Å². The van der Waals surface area contributed by atoms with E-state index in [9.17, 15) is 10.1 Å². The summed E-state index contributed by atoms with van der Waals surface area (Å²) in [6, 6.07) is 7.15. The zero-order valence-electron chi connectivity index (χ0n) is 8.49. The number of benzene rings is 1. The van der Waals surface area contributed by atoms with Crippen molar-refractivity contribution < 1.29 is 4.92 Å². The van der Waals surface area contributed by atoms with Crippen LogP contribution in [0.25, 0.3) is 0 Å². The van der Waals surface area contributed by atoms with Gasteiger partial charge in [-0.05, 0) is 12.5 Å². The van der Waals surface area contributed by atoms with Crippen LogP contribution in [0.15, 0.2) is 24.3 Å². The lowest BCUT2D eigenvalue weighted by molar-refractivity contribution is -0.483. The van der Waals surface area contributed by atoms with Gasteiger partial charge in [0.15, 0.2) is 0 Å². The molecular weight excluding hydrogens is 272 g/mol. The van der Waals surface area contributed by atoms with E-state index in [0.29, 0.717) is 5.56 Å². The van der Waals surface area contributed by atoms with Gasteiger partial charge in [-0.2, -0.15) is 0 Å². The largest absolute Gasteiger partial charge is 0.265 e. The van der Waals surface area contributed by atoms with Crippen LogP contribution in [0.3, 0.4) is 0 Å². The minimum Gasteiger partial charge on any atom is -0.265 e. The molecule has 0 fully saturated rings. The molecule has 0 unspecified atom stereocenters. The Morgan fingerprint density at radius 3 is 2.19 bits per heavy atom. The highest BCUT2D eigenvalue weighted by atomic mass is 35.6. The molecule has 1 atom stereocenters. The fraction of sp³-hybridized carbons (Fsp3) is 0.400. The second-order valence-electron chi connectivity index (χ2n) is 3.52. The summed E-state index contributed by atoms with van der Waals surface area (Å²) in [5, 5.41) is 10.5. The summed E-state index contributed by atoms with van der Waals surface area (Å²) in [4.78, 5) is 10.0. The van der Waals surface area contributed by atoms with Crippen molar-refractivity contribution in [1.82, 2.24) is 0 Å². The minimum absolute atomic E-state index is 0.403. The van der Waals surface area contributed by atoms with Gasteiger partial charge in [-0.3, -0.25) is 10.1 Å². The third-order valence-electron chi connectivity index (χ3n) is 2.21. The second-order valence-corrected chi connectivity index (χ2v) is 5.89. The van der Waals surface area contributed by atoms with E-state index in [-0.39, 0.29) is 0 Å². The molecule has 0 radical (unpaired) electrons. The highest BCUT2D eigenvalue weighted by Gasteiger charge is 2.37. The van der Waals surface area contributed by atoms with E-state index in [0.717, 1.165) is 5.56 Å². The van der Waals surface area contributed by atoms with Gasteiger partial charge in [0.05, 0.1) is 5.92 Å². The maximum Gasteiger partial charge on any atom is 0.214 e. The molecule has 0 aliphatic carbocycles. The first-order chi connectivity index (χ1) is 7.30. The van der Waals surface area contributed by atoms with Gasteiger partial charge in [0, 0.05) is 4.92 Å². The lowest BCUT2D eigenvalue weighted by Crippen LogP contribution is -2.25. The summed E-state index contributed by atoms with van der Waals surface area (Å²) in [6.07, 6.45) is 0. The number of hydrogen-bond donors (Lipinski definition) is 0. The van der Waals surface area contributed by atoms with E-state index in [1.807, 2.05) is 19.1 Å². The molecule has 0 aliphatic heterocycles. The van der Waals surface area contributed by atoms with Crippen molar-refractivity contribution in [3.8, 4) is 0 Å². The highest BCUT2D eigenvalue weighted by molar-refractivity contribution is 6.68. The number of nitro groups is 1. The first-order valence-corrected chi connectivity index (χ1v) is 5.69. The molecule has 0 aromatic heterocycles. The lowest BCUT2D eigenvalue weighted by atomic mass is 9.99. The summed E-state index contributed by atoms with van der Waals surface area (Å²) in [7, 11) is 0. The lowest BCUT2D eigenvalue weighted by Gasteiger charge is -2.21. The van der Waals surface area contributed by atoms with Crippen LogP contribution in [0.5, 0.6) is 0 Å². The molecule has 6 heteroatoms. The van der Waals surface area contributed by atoms with Gasteiger partial charge in [-0.15, -0.1) is 0 Å². The van der Waals surface area contributed by atoms with Crippen LogP contribution in [0.4, 0.5) is 0 Å². The molecule has 0 spiro atoms. The van der Waals surface area contributed by atoms with Crippen molar-refractivity contribution in [1.29, 1.82) is 0 Å². The van der Waals surface area contributed by atoms with Crippen molar-refractivity contribution >= 4 is 34.8 Å². The molecule has 0 aliphatic rings. The molecule has 0 amide bonds. The molecular formula is C10H10Cl3NO2. The molecule has 16 heavy (non-hydrogen) atoms. The van der Waals surface area contributed by atoms with Gasteiger partial charge in [0.2, 0.25) is 10.3 Å². The first-order valence-electron chi connectivity index (χ1n) is 4.56. The molecule has 0 saturated carbocycles. The van der Waals surface area contributed by atoms with Gasteiger partial charge < -0.3 is 0 Å². The SMILES string of the molecule is Cc1ccc([C@H](C[N+](=O)[O-])C(Cl)(Cl)Cl)cc1. The standard InChI is InChI=1S/C10H10Cl3NO2/c1-7-2-4-8(5-3-7)9(6-14(15)16)10(11,12)13/h2-5,9H,6H2,1H3/t9-/m0/s1. The van der Waals surface area contributed by atoms with E-state index >= 15 is 0 Å². The summed E-state index contributed by atoms with van der Waals surface area (Å²) in [6.45, 7) is 1.52. The predicted molar refractivity (Wildman–Crippen MR) is 66.1 cm³/mol. The van der Waals surface area contributed by atoms with Crippen molar-refractivity contribution in [2.75, 3.05) is 6.54 Å². The van der Waals surface area contributed by atoms with Gasteiger partial charge in [0.1, 0.15) is 0 Å². The summed E-state index contributed by atoms with van der Waals surface area (Å²) >= 11 is 17.2. The molecule has 1 rings (SSSR count). The van der Waals surface area contributed by atoms with Crippen LogP contribution in [0.2, 0.25) is 0 Å². The topological polar surface area (TPSA) is 43.1 Å². The van der Waals surface area contributed by atoms with Gasteiger partial charge in [-0.25, -0.2) is 0 Å². The molecule has 0 N–H and O–H groups in total. The second kappa shape index (κ2) is 5.21. The van der Waals surface area contributed by atoms with E-state index in [1.54, 1.807) is 12.1 Å². The number of halogens is 3. The van der Waals surface area contributed by atoms with E-state index in [2.05, 4.69) is 0 Å². The molecule has 1 aromatic rings. The Morgan fingerprint density at radius 2 is 1.81 bits per heavy atom. The fourth-order valence-electron chi connectivity index (χ4n) is 1.35. The third kappa shape index (κ3) is 3.81. The van der Waals surface area contributed by atoms with Crippen molar-refractivity contribution in [2.45, 2.75) is 16.6 Å². The Morgan fingerprint density at radius 1 is 1.31 bits per heavy atom. The number of nitrogens with zero attached hydrogens (tertiary/aromatic N) is 1. The maximum atomic E-state index is 10.5. The Balaban J connectivity index is 3.01. The monoisotopic (exact) mass is 281 g/mol. The Labute approximate surface area is 108 Å². The fourth-order valence-corrected chi connectivity index (χ4v) is 1.93. The molecule has 0 saturated heterocycles.